The molecule has 0 aliphatic carbocycles. The summed E-state index contributed by atoms with van der Waals surface area (Å²) in [5.41, 5.74) is 0.511. The zero-order valence-electron chi connectivity index (χ0n) is 13.0. The van der Waals surface area contributed by atoms with Crippen molar-refractivity contribution in [1.29, 1.82) is 5.26 Å². The lowest BCUT2D eigenvalue weighted by Crippen LogP contribution is -2.07. The van der Waals surface area contributed by atoms with Crippen molar-refractivity contribution in [3.05, 3.63) is 51.7 Å². The molecule has 6 heteroatoms. The minimum atomic E-state index is -0.662. The number of esters is 1. The molecule has 0 spiro atoms. The molecule has 0 saturated carbocycles. The molecule has 0 saturated heterocycles. The number of unbranched alkanes of at least 4 members (excludes halogenated alkanes) is 1. The van der Waals surface area contributed by atoms with Gasteiger partial charge in [-0.05, 0) is 36.8 Å². The summed E-state index contributed by atoms with van der Waals surface area (Å²) in [6.07, 6.45) is 3.00. The number of nitriles is 1. The van der Waals surface area contributed by atoms with E-state index in [4.69, 9.17) is 37.6 Å². The molecule has 0 fully saturated rings. The van der Waals surface area contributed by atoms with Crippen LogP contribution in [-0.4, -0.2) is 12.6 Å². The zero-order chi connectivity index (χ0) is 17.5. The van der Waals surface area contributed by atoms with E-state index in [2.05, 4.69) is 0 Å². The molecule has 0 atom stereocenters. The summed E-state index contributed by atoms with van der Waals surface area (Å²) in [4.78, 5) is 11.8. The van der Waals surface area contributed by atoms with Gasteiger partial charge in [-0.2, -0.15) is 5.26 Å². The molecule has 0 radical (unpaired) electrons. The fourth-order valence-electron chi connectivity index (χ4n) is 1.93. The van der Waals surface area contributed by atoms with E-state index in [0.717, 1.165) is 12.8 Å². The second-order valence-corrected chi connectivity index (χ2v) is 5.83. The lowest BCUT2D eigenvalue weighted by Gasteiger charge is -2.02. The van der Waals surface area contributed by atoms with Crippen LogP contribution < -0.4 is 0 Å². The molecule has 1 heterocycles. The van der Waals surface area contributed by atoms with Crippen LogP contribution in [0.25, 0.3) is 17.4 Å². The van der Waals surface area contributed by atoms with Crippen LogP contribution in [0.3, 0.4) is 0 Å². The average Bonchev–Trinajstić information content (AvgIpc) is 3.03. The Hall–Kier alpha value is -2.22. The van der Waals surface area contributed by atoms with Gasteiger partial charge in [-0.15, -0.1) is 0 Å². The highest BCUT2D eigenvalue weighted by Crippen LogP contribution is 2.32. The molecular weight excluding hydrogens is 349 g/mol. The third kappa shape index (κ3) is 4.64. The highest BCUT2D eigenvalue weighted by Gasteiger charge is 2.13. The van der Waals surface area contributed by atoms with E-state index in [1.165, 1.54) is 6.08 Å². The average molecular weight is 364 g/mol. The summed E-state index contributed by atoms with van der Waals surface area (Å²) in [5, 5.41) is 10.1. The van der Waals surface area contributed by atoms with Crippen LogP contribution in [0, 0.1) is 11.3 Å². The molecule has 124 valence electrons. The Bertz CT molecular complexity index is 803. The monoisotopic (exact) mass is 363 g/mol. The van der Waals surface area contributed by atoms with Crippen LogP contribution >= 0.6 is 23.2 Å². The molecule has 0 N–H and O–H groups in total. The second kappa shape index (κ2) is 8.58. The SMILES string of the molecule is CCCCOC(=O)C(C#N)=Cc1ccc(-c2cc(Cl)ccc2Cl)o1. The van der Waals surface area contributed by atoms with E-state index in [1.807, 2.05) is 13.0 Å². The van der Waals surface area contributed by atoms with E-state index < -0.39 is 5.97 Å². The molecule has 0 bridgehead atoms. The first-order valence-electron chi connectivity index (χ1n) is 7.39. The van der Waals surface area contributed by atoms with Crippen molar-refractivity contribution in [2.75, 3.05) is 6.61 Å². The number of hydrogen-bond acceptors (Lipinski definition) is 4. The van der Waals surface area contributed by atoms with Crippen molar-refractivity contribution in [1.82, 2.24) is 0 Å². The third-order valence-corrected chi connectivity index (χ3v) is 3.74. The van der Waals surface area contributed by atoms with Crippen molar-refractivity contribution in [2.24, 2.45) is 0 Å². The predicted molar refractivity (Wildman–Crippen MR) is 93.6 cm³/mol. The van der Waals surface area contributed by atoms with Gasteiger partial charge in [-0.1, -0.05) is 36.5 Å². The highest BCUT2D eigenvalue weighted by molar-refractivity contribution is 6.35. The fraction of sp³-hybridized carbons (Fsp3) is 0.222. The summed E-state index contributed by atoms with van der Waals surface area (Å²) in [6, 6.07) is 10.2. The van der Waals surface area contributed by atoms with Crippen LogP contribution in [0.15, 0.2) is 40.3 Å². The number of ether oxygens (including phenoxy) is 1. The summed E-state index contributed by atoms with van der Waals surface area (Å²) >= 11 is 12.1. The Morgan fingerprint density at radius 2 is 2.12 bits per heavy atom. The van der Waals surface area contributed by atoms with E-state index in [0.29, 0.717) is 27.1 Å². The van der Waals surface area contributed by atoms with Gasteiger partial charge >= 0.3 is 5.97 Å². The van der Waals surface area contributed by atoms with Gasteiger partial charge in [0.2, 0.25) is 0 Å². The number of halogens is 2. The van der Waals surface area contributed by atoms with Crippen molar-refractivity contribution < 1.29 is 13.9 Å². The highest BCUT2D eigenvalue weighted by atomic mass is 35.5. The summed E-state index contributed by atoms with van der Waals surface area (Å²) in [5.74, 6) is 0.181. The Balaban J connectivity index is 2.21. The maximum atomic E-state index is 11.8. The van der Waals surface area contributed by atoms with Crippen LogP contribution in [0.1, 0.15) is 25.5 Å². The van der Waals surface area contributed by atoms with Crippen molar-refractivity contribution >= 4 is 35.2 Å². The van der Waals surface area contributed by atoms with Crippen molar-refractivity contribution in [2.45, 2.75) is 19.8 Å². The molecule has 1 aromatic heterocycles. The smallest absolute Gasteiger partial charge is 0.349 e. The minimum absolute atomic E-state index is 0.121. The number of rotatable bonds is 6. The van der Waals surface area contributed by atoms with Crippen LogP contribution in [0.2, 0.25) is 10.0 Å². The summed E-state index contributed by atoms with van der Waals surface area (Å²) in [7, 11) is 0. The quantitative estimate of drug-likeness (QED) is 0.294. The van der Waals surface area contributed by atoms with Crippen LogP contribution in [-0.2, 0) is 9.53 Å². The Kier molecular flexibility index (Phi) is 6.48. The van der Waals surface area contributed by atoms with Gasteiger partial charge < -0.3 is 9.15 Å². The van der Waals surface area contributed by atoms with Gasteiger partial charge in [-0.25, -0.2) is 4.79 Å². The molecule has 24 heavy (non-hydrogen) atoms. The lowest BCUT2D eigenvalue weighted by molar-refractivity contribution is -0.138. The fourth-order valence-corrected chi connectivity index (χ4v) is 2.31. The third-order valence-electron chi connectivity index (χ3n) is 3.18. The van der Waals surface area contributed by atoms with Crippen molar-refractivity contribution in [3.8, 4) is 17.4 Å². The standard InChI is InChI=1S/C18H15Cl2NO3/c1-2-3-8-23-18(22)12(11-21)9-14-5-7-17(24-14)15-10-13(19)4-6-16(15)20/h4-7,9-10H,2-3,8H2,1H3. The number of carbonyl (C=O) groups is 1. The van der Waals surface area contributed by atoms with E-state index in [-0.39, 0.29) is 12.2 Å². The molecule has 1 aromatic carbocycles. The van der Waals surface area contributed by atoms with Gasteiger partial charge in [0.05, 0.1) is 11.6 Å². The molecule has 4 nitrogen and oxygen atoms in total. The van der Waals surface area contributed by atoms with Gasteiger partial charge in [0.25, 0.3) is 0 Å². The van der Waals surface area contributed by atoms with E-state index in [9.17, 15) is 4.79 Å². The second-order valence-electron chi connectivity index (χ2n) is 4.99. The lowest BCUT2D eigenvalue weighted by atomic mass is 10.2. The van der Waals surface area contributed by atoms with Gasteiger partial charge in [-0.3, -0.25) is 0 Å². The number of nitrogens with zero attached hydrogens (tertiary/aromatic N) is 1. The van der Waals surface area contributed by atoms with Crippen LogP contribution in [0.4, 0.5) is 0 Å². The molecular formula is C18H15Cl2NO3. The van der Waals surface area contributed by atoms with Gasteiger partial charge in [0.1, 0.15) is 23.2 Å². The summed E-state index contributed by atoms with van der Waals surface area (Å²) < 4.78 is 10.7. The maximum absolute atomic E-state index is 11.8. The zero-order valence-corrected chi connectivity index (χ0v) is 14.5. The first-order chi connectivity index (χ1) is 11.5. The van der Waals surface area contributed by atoms with Gasteiger partial charge in [0.15, 0.2) is 0 Å². The molecule has 0 unspecified atom stereocenters. The molecule has 0 amide bonds. The first-order valence-corrected chi connectivity index (χ1v) is 8.15. The number of carbonyl (C=O) groups excluding carboxylic acids is 1. The number of furan rings is 1. The molecule has 2 aromatic rings. The van der Waals surface area contributed by atoms with Crippen molar-refractivity contribution in [3.63, 3.8) is 0 Å². The molecule has 0 aliphatic rings. The first kappa shape index (κ1) is 18.1. The Labute approximate surface area is 150 Å². The molecule has 2 rings (SSSR count). The minimum Gasteiger partial charge on any atom is -0.462 e. The largest absolute Gasteiger partial charge is 0.462 e. The predicted octanol–water partition coefficient (Wildman–Crippen LogP) is 5.50. The topological polar surface area (TPSA) is 63.2 Å². The Morgan fingerprint density at radius 3 is 2.83 bits per heavy atom. The van der Waals surface area contributed by atoms with E-state index in [1.54, 1.807) is 30.3 Å². The molecule has 0 aliphatic heterocycles. The maximum Gasteiger partial charge on any atom is 0.349 e. The number of hydrogen-bond donors (Lipinski definition) is 0. The summed E-state index contributed by atoms with van der Waals surface area (Å²) in [6.45, 7) is 2.27. The van der Waals surface area contributed by atoms with E-state index >= 15 is 0 Å². The Morgan fingerprint density at radius 1 is 1.33 bits per heavy atom. The number of benzene rings is 1. The normalized spacial score (nSPS) is 11.2. The van der Waals surface area contributed by atoms with Crippen LogP contribution in [0.5, 0.6) is 0 Å². The van der Waals surface area contributed by atoms with Gasteiger partial charge in [0, 0.05) is 16.7 Å².